The Morgan fingerprint density at radius 2 is 2.06 bits per heavy atom. The number of nitrogen functional groups attached to an aromatic ring is 1. The summed E-state index contributed by atoms with van der Waals surface area (Å²) in [6.45, 7) is 0.943. The number of nitrogens with two attached hydrogens (primary N) is 1. The maximum atomic E-state index is 5.95. The number of aryl methyl sites for hydroxylation is 2. The van der Waals surface area contributed by atoms with Crippen molar-refractivity contribution in [3.05, 3.63) is 60.6 Å². The Kier molecular flexibility index (Phi) is 2.73. The van der Waals surface area contributed by atoms with Crippen LogP contribution in [-0.2, 0) is 13.0 Å². The van der Waals surface area contributed by atoms with E-state index in [9.17, 15) is 0 Å². The molecule has 0 radical (unpaired) electrons. The number of rotatable bonds is 3. The number of pyridine rings is 1. The fourth-order valence-corrected chi connectivity index (χ4v) is 2.24. The van der Waals surface area contributed by atoms with Crippen molar-refractivity contribution < 1.29 is 0 Å². The Labute approximate surface area is 106 Å². The number of hydrogen-bond acceptors (Lipinski definition) is 2. The molecule has 0 aliphatic rings. The molecule has 18 heavy (non-hydrogen) atoms. The van der Waals surface area contributed by atoms with Gasteiger partial charge >= 0.3 is 0 Å². The van der Waals surface area contributed by atoms with Crippen LogP contribution >= 0.6 is 0 Å². The van der Waals surface area contributed by atoms with Crippen molar-refractivity contribution >= 4 is 16.6 Å². The number of hydrogen-bond donors (Lipinski definition) is 1. The average molecular weight is 237 g/mol. The zero-order valence-corrected chi connectivity index (χ0v) is 10.1. The van der Waals surface area contributed by atoms with E-state index >= 15 is 0 Å². The van der Waals surface area contributed by atoms with Crippen LogP contribution in [0.3, 0.4) is 0 Å². The molecule has 0 saturated carbocycles. The van der Waals surface area contributed by atoms with Crippen LogP contribution in [0.5, 0.6) is 0 Å². The van der Waals surface area contributed by atoms with Crippen LogP contribution in [0, 0.1) is 0 Å². The molecule has 2 aromatic heterocycles. The standard InChI is InChI=1S/C15H15N3/c16-14-4-1-5-15-13(14)7-10-18(15)9-6-12-3-2-8-17-11-12/h1-5,7-8,10-11H,6,9,16H2. The lowest BCUT2D eigenvalue weighted by Gasteiger charge is -2.06. The molecule has 0 saturated heterocycles. The van der Waals surface area contributed by atoms with Gasteiger partial charge < -0.3 is 10.3 Å². The lowest BCUT2D eigenvalue weighted by molar-refractivity contribution is 0.721. The fraction of sp³-hybridized carbons (Fsp3) is 0.133. The first-order valence-electron chi connectivity index (χ1n) is 6.07. The van der Waals surface area contributed by atoms with Crippen molar-refractivity contribution in [2.24, 2.45) is 0 Å². The highest BCUT2D eigenvalue weighted by Crippen LogP contribution is 2.22. The summed E-state index contributed by atoms with van der Waals surface area (Å²) in [6.07, 6.45) is 6.79. The van der Waals surface area contributed by atoms with Gasteiger partial charge in [-0.15, -0.1) is 0 Å². The molecule has 0 bridgehead atoms. The summed E-state index contributed by atoms with van der Waals surface area (Å²) in [5, 5.41) is 1.13. The molecule has 1 aromatic carbocycles. The summed E-state index contributed by atoms with van der Waals surface area (Å²) >= 11 is 0. The summed E-state index contributed by atoms with van der Waals surface area (Å²) in [4.78, 5) is 4.13. The first-order chi connectivity index (χ1) is 8.84. The minimum Gasteiger partial charge on any atom is -0.398 e. The summed E-state index contributed by atoms with van der Waals surface area (Å²) in [5.41, 5.74) is 9.24. The highest BCUT2D eigenvalue weighted by molar-refractivity contribution is 5.91. The molecular formula is C15H15N3. The number of nitrogens with zero attached hydrogens (tertiary/aromatic N) is 2. The van der Waals surface area contributed by atoms with Crippen LogP contribution < -0.4 is 5.73 Å². The van der Waals surface area contributed by atoms with Crippen LogP contribution in [0.4, 0.5) is 5.69 Å². The lowest BCUT2D eigenvalue weighted by atomic mass is 10.2. The zero-order valence-electron chi connectivity index (χ0n) is 10.1. The van der Waals surface area contributed by atoms with Crippen LogP contribution in [-0.4, -0.2) is 9.55 Å². The fourth-order valence-electron chi connectivity index (χ4n) is 2.24. The number of fused-ring (bicyclic) bond motifs is 1. The maximum Gasteiger partial charge on any atom is 0.0501 e. The SMILES string of the molecule is Nc1cccc2c1ccn2CCc1cccnc1. The van der Waals surface area contributed by atoms with Crippen LogP contribution in [0.2, 0.25) is 0 Å². The molecule has 3 heteroatoms. The second-order valence-electron chi connectivity index (χ2n) is 4.40. The molecule has 0 aliphatic carbocycles. The largest absolute Gasteiger partial charge is 0.398 e. The van der Waals surface area contributed by atoms with Gasteiger partial charge in [-0.3, -0.25) is 4.98 Å². The molecule has 0 fully saturated rings. The third kappa shape index (κ3) is 1.95. The predicted octanol–water partition coefficient (Wildman–Crippen LogP) is 2.86. The Hall–Kier alpha value is -2.29. The third-order valence-electron chi connectivity index (χ3n) is 3.21. The van der Waals surface area contributed by atoms with E-state index in [0.717, 1.165) is 24.0 Å². The van der Waals surface area contributed by atoms with Crippen LogP contribution in [0.25, 0.3) is 10.9 Å². The van der Waals surface area contributed by atoms with E-state index < -0.39 is 0 Å². The minimum absolute atomic E-state index is 0.840. The van der Waals surface area contributed by atoms with E-state index in [1.54, 1.807) is 6.20 Å². The molecule has 0 unspecified atom stereocenters. The van der Waals surface area contributed by atoms with Crippen LogP contribution in [0.15, 0.2) is 55.0 Å². The topological polar surface area (TPSA) is 43.8 Å². The smallest absolute Gasteiger partial charge is 0.0501 e. The highest BCUT2D eigenvalue weighted by Gasteiger charge is 2.03. The molecular weight excluding hydrogens is 222 g/mol. The Morgan fingerprint density at radius 1 is 1.11 bits per heavy atom. The minimum atomic E-state index is 0.840. The van der Waals surface area contributed by atoms with Gasteiger partial charge in [0.2, 0.25) is 0 Å². The molecule has 3 rings (SSSR count). The van der Waals surface area contributed by atoms with Gasteiger partial charge in [0.05, 0.1) is 5.52 Å². The van der Waals surface area contributed by atoms with Gasteiger partial charge in [-0.05, 0) is 36.2 Å². The van der Waals surface area contributed by atoms with Gasteiger partial charge in [-0.2, -0.15) is 0 Å². The average Bonchev–Trinajstić information content (AvgIpc) is 2.82. The van der Waals surface area contributed by atoms with E-state index in [1.807, 2.05) is 24.4 Å². The van der Waals surface area contributed by atoms with Crippen molar-refractivity contribution in [2.45, 2.75) is 13.0 Å². The normalized spacial score (nSPS) is 10.9. The van der Waals surface area contributed by atoms with Crippen molar-refractivity contribution in [1.82, 2.24) is 9.55 Å². The quantitative estimate of drug-likeness (QED) is 0.712. The molecule has 3 nitrogen and oxygen atoms in total. The summed E-state index contributed by atoms with van der Waals surface area (Å²) in [7, 11) is 0. The van der Waals surface area contributed by atoms with E-state index in [1.165, 1.54) is 11.1 Å². The van der Waals surface area contributed by atoms with E-state index in [4.69, 9.17) is 5.73 Å². The Morgan fingerprint density at radius 3 is 2.89 bits per heavy atom. The summed E-state index contributed by atoms with van der Waals surface area (Å²) in [5.74, 6) is 0. The second-order valence-corrected chi connectivity index (χ2v) is 4.40. The number of anilines is 1. The number of benzene rings is 1. The summed E-state index contributed by atoms with van der Waals surface area (Å²) < 4.78 is 2.23. The molecule has 2 heterocycles. The third-order valence-corrected chi connectivity index (χ3v) is 3.21. The molecule has 0 atom stereocenters. The molecule has 90 valence electrons. The highest BCUT2D eigenvalue weighted by atomic mass is 14.9. The lowest BCUT2D eigenvalue weighted by Crippen LogP contribution is -2.00. The Bertz CT molecular complexity index is 656. The van der Waals surface area contributed by atoms with Gasteiger partial charge in [0, 0.05) is 36.2 Å². The van der Waals surface area contributed by atoms with Crippen molar-refractivity contribution in [2.75, 3.05) is 5.73 Å². The second kappa shape index (κ2) is 4.53. The molecule has 3 aromatic rings. The molecule has 0 aliphatic heterocycles. The summed E-state index contributed by atoms with van der Waals surface area (Å²) in [6, 6.07) is 12.2. The Balaban J connectivity index is 1.85. The molecule has 0 amide bonds. The first kappa shape index (κ1) is 10.8. The number of aromatic nitrogens is 2. The van der Waals surface area contributed by atoms with Gasteiger partial charge in [0.25, 0.3) is 0 Å². The van der Waals surface area contributed by atoms with Crippen LogP contribution in [0.1, 0.15) is 5.56 Å². The van der Waals surface area contributed by atoms with Gasteiger partial charge in [-0.1, -0.05) is 12.1 Å². The monoisotopic (exact) mass is 237 g/mol. The maximum absolute atomic E-state index is 5.95. The van der Waals surface area contributed by atoms with Gasteiger partial charge in [0.15, 0.2) is 0 Å². The van der Waals surface area contributed by atoms with Crippen molar-refractivity contribution in [1.29, 1.82) is 0 Å². The van der Waals surface area contributed by atoms with E-state index in [-0.39, 0.29) is 0 Å². The zero-order chi connectivity index (χ0) is 12.4. The molecule has 0 spiro atoms. The van der Waals surface area contributed by atoms with E-state index in [2.05, 4.69) is 33.9 Å². The van der Waals surface area contributed by atoms with E-state index in [0.29, 0.717) is 0 Å². The first-order valence-corrected chi connectivity index (χ1v) is 6.07. The van der Waals surface area contributed by atoms with Crippen molar-refractivity contribution in [3.63, 3.8) is 0 Å². The van der Waals surface area contributed by atoms with Gasteiger partial charge in [0.1, 0.15) is 0 Å². The molecule has 2 N–H and O–H groups in total. The van der Waals surface area contributed by atoms with Gasteiger partial charge in [-0.25, -0.2) is 0 Å². The van der Waals surface area contributed by atoms with Crippen molar-refractivity contribution in [3.8, 4) is 0 Å². The predicted molar refractivity (Wildman–Crippen MR) is 74.3 cm³/mol.